The Labute approximate surface area is 622 Å². The fourth-order valence-electron chi connectivity index (χ4n) is 18.0. The lowest BCUT2D eigenvalue weighted by molar-refractivity contribution is 1.23. The Hall–Kier alpha value is -14.3. The van der Waals surface area contributed by atoms with Gasteiger partial charge in [0.15, 0.2) is 0 Å². The van der Waals surface area contributed by atoms with Gasteiger partial charge in [-0.15, -0.1) is 0 Å². The monoisotopic (exact) mass is 1360 g/mol. The van der Waals surface area contributed by atoms with Gasteiger partial charge in [0, 0.05) is 67.0 Å². The van der Waals surface area contributed by atoms with Crippen LogP contribution in [0.1, 0.15) is 0 Å². The first-order chi connectivity index (χ1) is 53.1. The number of rotatable bonds is 6. The van der Waals surface area contributed by atoms with Gasteiger partial charge in [0.1, 0.15) is 0 Å². The first kappa shape index (κ1) is 60.3. The Kier molecular flexibility index (Phi) is 13.6. The molecule has 5 aliphatic heterocycles. The van der Waals surface area contributed by atoms with E-state index >= 15 is 0 Å². The van der Waals surface area contributed by atoms with E-state index in [1.807, 2.05) is 0 Å². The molecule has 17 aromatic rings. The Bertz CT molecular complexity index is 6180. The highest BCUT2D eigenvalue weighted by Gasteiger charge is 2.35. The molecule has 0 aromatic heterocycles. The van der Waals surface area contributed by atoms with E-state index in [-0.39, 0.29) is 0 Å². The topological polar surface area (TPSA) is 16.2 Å². The lowest BCUT2D eigenvalue weighted by Gasteiger charge is -2.34. The van der Waals surface area contributed by atoms with Crippen molar-refractivity contribution in [2.75, 3.05) is 24.5 Å². The molecule has 0 spiro atoms. The maximum Gasteiger partial charge on any atom is 0.0540 e. The minimum atomic E-state index is 1.02. The number of nitrogens with zero attached hydrogens (tertiary/aromatic N) is 5. The zero-order chi connectivity index (χ0) is 70.2. The first-order valence-corrected chi connectivity index (χ1v) is 36.9. The maximum atomic E-state index is 2.54. The molecule has 0 fully saturated rings. The number of hydrogen-bond donors (Lipinski definition) is 0. The van der Waals surface area contributed by atoms with Gasteiger partial charge in [0.2, 0.25) is 0 Å². The molecule has 107 heavy (non-hydrogen) atoms. The van der Waals surface area contributed by atoms with Crippen molar-refractivity contribution in [1.29, 1.82) is 0 Å². The van der Waals surface area contributed by atoms with Gasteiger partial charge in [-0.2, -0.15) is 0 Å². The van der Waals surface area contributed by atoms with Crippen LogP contribution in [-0.4, -0.2) is 0 Å². The van der Waals surface area contributed by atoms with Gasteiger partial charge < -0.3 is 24.5 Å². The van der Waals surface area contributed by atoms with E-state index in [9.17, 15) is 0 Å². The van der Waals surface area contributed by atoms with Gasteiger partial charge in [-0.3, -0.25) is 0 Å². The van der Waals surface area contributed by atoms with Crippen molar-refractivity contribution < 1.29 is 0 Å². The molecule has 5 nitrogen and oxygen atoms in total. The molecule has 0 radical (unpaired) electrons. The summed E-state index contributed by atoms with van der Waals surface area (Å²) in [5.74, 6) is 0. The summed E-state index contributed by atoms with van der Waals surface area (Å²) in [7, 11) is 0. The lowest BCUT2D eigenvalue weighted by atomic mass is 9.89. The Morgan fingerprint density at radius 3 is 0.551 bits per heavy atom. The summed E-state index contributed by atoms with van der Waals surface area (Å²) < 4.78 is 0. The molecular weight excluding hydrogens is 1300 g/mol. The van der Waals surface area contributed by atoms with Crippen LogP contribution < -0.4 is 24.5 Å². The third kappa shape index (κ3) is 9.37. The Morgan fingerprint density at radius 2 is 0.280 bits per heavy atom. The highest BCUT2D eigenvalue weighted by atomic mass is 15.2. The zero-order valence-electron chi connectivity index (χ0n) is 58.3. The van der Waals surface area contributed by atoms with Crippen molar-refractivity contribution in [2.45, 2.75) is 0 Å². The average molecular weight is 1360 g/mol. The van der Waals surface area contributed by atoms with Crippen molar-refractivity contribution in [3.8, 4) is 122 Å². The van der Waals surface area contributed by atoms with E-state index in [2.05, 4.69) is 419 Å². The predicted octanol–water partition coefficient (Wildman–Crippen LogP) is 28.9. The summed E-state index contributed by atoms with van der Waals surface area (Å²) in [4.78, 5) is 12.5. The van der Waals surface area contributed by atoms with Crippen LogP contribution in [0.5, 0.6) is 0 Å². The third-order valence-corrected chi connectivity index (χ3v) is 22.5. The number of para-hydroxylation sites is 9. The number of benzene rings is 17. The van der Waals surface area contributed by atoms with Crippen LogP contribution in [-0.2, 0) is 0 Å². The molecule has 498 valence electrons. The predicted molar refractivity (Wildman–Crippen MR) is 447 cm³/mol. The number of fused-ring (bicyclic) bond motifs is 25. The van der Waals surface area contributed by atoms with Crippen LogP contribution in [0.4, 0.5) is 85.3 Å². The average Bonchev–Trinajstić information content (AvgIpc) is 1.63. The molecule has 5 heterocycles. The first-order valence-electron chi connectivity index (χ1n) is 36.9. The summed E-state index contributed by atoms with van der Waals surface area (Å²) in [5.41, 5.74) is 42.2. The van der Waals surface area contributed by atoms with Crippen LogP contribution >= 0.6 is 0 Å². The highest BCUT2D eigenvalue weighted by Crippen LogP contribution is 2.60. The van der Waals surface area contributed by atoms with Crippen molar-refractivity contribution in [3.05, 3.63) is 394 Å². The smallest absolute Gasteiger partial charge is 0.0540 e. The Morgan fingerprint density at radius 1 is 0.103 bits per heavy atom. The highest BCUT2D eigenvalue weighted by molar-refractivity contribution is 6.11. The summed E-state index contributed by atoms with van der Waals surface area (Å²) in [5, 5.41) is 0. The largest absolute Gasteiger partial charge is 0.309 e. The normalized spacial score (nSPS) is 12.8. The van der Waals surface area contributed by atoms with Gasteiger partial charge in [0.25, 0.3) is 0 Å². The quantitative estimate of drug-likeness (QED) is 0.164. The molecule has 5 aliphatic rings. The molecular formula is C102H65N5. The SMILES string of the molecule is c1cc(N2c3ccccc3-c3ccccc3-c3ccccc32)cc(N2c3ccccc3-c3ccccc3-c3cc(-c4ccc5c(c4)-c4ccccc4N(c4cc(N6c7ccccc7-c7ccccc7-c7ccccc76)cc(N6c7ccccc7-c7ccccc7-c7ccccc76)c4)c4ccccc4-5)ccc32)c1. The van der Waals surface area contributed by atoms with Crippen molar-refractivity contribution >= 4 is 85.3 Å². The Balaban J connectivity index is 0.725. The van der Waals surface area contributed by atoms with Crippen LogP contribution in [0, 0.1) is 0 Å². The van der Waals surface area contributed by atoms with Gasteiger partial charge in [-0.1, -0.05) is 285 Å². The molecule has 0 N–H and O–H groups in total. The van der Waals surface area contributed by atoms with E-state index in [0.29, 0.717) is 0 Å². The van der Waals surface area contributed by atoms with E-state index in [1.54, 1.807) is 0 Å². The molecule has 17 aromatic carbocycles. The number of hydrogen-bond acceptors (Lipinski definition) is 5. The van der Waals surface area contributed by atoms with Crippen molar-refractivity contribution in [3.63, 3.8) is 0 Å². The number of anilines is 15. The maximum absolute atomic E-state index is 2.54. The summed E-state index contributed by atoms with van der Waals surface area (Å²) in [6.45, 7) is 0. The fraction of sp³-hybridized carbons (Fsp3) is 0. The second kappa shape index (κ2) is 24.2. The molecule has 0 amide bonds. The molecule has 0 saturated carbocycles. The molecule has 0 atom stereocenters. The van der Waals surface area contributed by atoms with Gasteiger partial charge in [-0.05, 0) is 176 Å². The van der Waals surface area contributed by atoms with Gasteiger partial charge in [-0.25, -0.2) is 0 Å². The molecule has 5 heteroatoms. The molecule has 0 aliphatic carbocycles. The van der Waals surface area contributed by atoms with Gasteiger partial charge in [0.05, 0.1) is 73.9 Å². The summed E-state index contributed by atoms with van der Waals surface area (Å²) >= 11 is 0. The second-order valence-electron chi connectivity index (χ2n) is 28.2. The molecule has 0 unspecified atom stereocenters. The molecule has 0 saturated heterocycles. The standard InChI is InChI=1S/C102H65N5/c1-2-31-74-73(30-1)82-38-9-18-47-93(82)103(94-48-19-10-39-83(74)94)68-28-27-29-69(62-68)104-95-49-20-11-44-88(95)79-36-7-8-37-80(79)92-61-67(57-59-102(92)104)66-56-58-81-89-45-16-25-54-100(89)107(101-55-26-17-46-90(101)91(81)60-66)72-64-70(105-96-50-21-12-40-84(96)75-32-3-4-33-76(75)85-41-13-22-51-97(85)105)63-71(65-72)106-98-52-23-14-42-86(98)77-34-5-6-35-78(77)87-43-15-24-53-99(87)106/h1-65H. The van der Waals surface area contributed by atoms with Crippen LogP contribution in [0.2, 0.25) is 0 Å². The lowest BCUT2D eigenvalue weighted by Crippen LogP contribution is -2.17. The van der Waals surface area contributed by atoms with Crippen LogP contribution in [0.15, 0.2) is 394 Å². The molecule has 0 bridgehead atoms. The van der Waals surface area contributed by atoms with Gasteiger partial charge >= 0.3 is 0 Å². The second-order valence-corrected chi connectivity index (χ2v) is 28.2. The van der Waals surface area contributed by atoms with E-state index in [4.69, 9.17) is 0 Å². The fourth-order valence-corrected chi connectivity index (χ4v) is 18.0. The van der Waals surface area contributed by atoms with Crippen molar-refractivity contribution in [2.24, 2.45) is 0 Å². The zero-order valence-corrected chi connectivity index (χ0v) is 58.3. The molecule has 22 rings (SSSR count). The summed E-state index contributed by atoms with van der Waals surface area (Å²) in [6.07, 6.45) is 0. The van der Waals surface area contributed by atoms with E-state index in [0.717, 1.165) is 124 Å². The summed E-state index contributed by atoms with van der Waals surface area (Å²) in [6, 6.07) is 147. The minimum Gasteiger partial charge on any atom is -0.309 e. The van der Waals surface area contributed by atoms with E-state index in [1.165, 1.54) is 83.5 Å². The third-order valence-electron chi connectivity index (χ3n) is 22.5. The van der Waals surface area contributed by atoms with Crippen LogP contribution in [0.25, 0.3) is 122 Å². The minimum absolute atomic E-state index is 1.02. The van der Waals surface area contributed by atoms with Crippen LogP contribution in [0.3, 0.4) is 0 Å². The van der Waals surface area contributed by atoms with E-state index < -0.39 is 0 Å². The van der Waals surface area contributed by atoms with Crippen molar-refractivity contribution in [1.82, 2.24) is 0 Å².